The largest absolute Gasteiger partial charge is 0.476 e. The number of carboxylic acid groups (broad SMARTS) is 1. The Hall–Kier alpha value is -3.61. The van der Waals surface area contributed by atoms with Gasteiger partial charge in [-0.25, -0.2) is 14.6 Å². The van der Waals surface area contributed by atoms with Crippen LogP contribution in [-0.4, -0.2) is 28.8 Å². The molecule has 1 heterocycles. The Morgan fingerprint density at radius 1 is 1.10 bits per heavy atom. The smallest absolute Gasteiger partial charge is 0.407 e. The summed E-state index contributed by atoms with van der Waals surface area (Å²) in [5, 5.41) is 11.9. The maximum atomic E-state index is 12.6. The highest BCUT2D eigenvalue weighted by Gasteiger charge is 2.30. The summed E-state index contributed by atoms with van der Waals surface area (Å²) >= 11 is 0. The first-order valence-electron chi connectivity index (χ1n) is 10.2. The van der Waals surface area contributed by atoms with Crippen molar-refractivity contribution in [3.05, 3.63) is 77.5 Å². The van der Waals surface area contributed by atoms with Gasteiger partial charge in [-0.3, -0.25) is 0 Å². The van der Waals surface area contributed by atoms with Crippen molar-refractivity contribution in [2.24, 2.45) is 5.92 Å². The van der Waals surface area contributed by atoms with Gasteiger partial charge in [-0.1, -0.05) is 62.4 Å². The summed E-state index contributed by atoms with van der Waals surface area (Å²) in [6, 6.07) is 15.7. The summed E-state index contributed by atoms with van der Waals surface area (Å²) in [6.45, 7) is 4.18. The first-order valence-corrected chi connectivity index (χ1v) is 10.2. The van der Waals surface area contributed by atoms with Crippen molar-refractivity contribution < 1.29 is 23.8 Å². The van der Waals surface area contributed by atoms with Crippen LogP contribution in [0.2, 0.25) is 0 Å². The van der Waals surface area contributed by atoms with E-state index in [-0.39, 0.29) is 30.0 Å². The van der Waals surface area contributed by atoms with Gasteiger partial charge in [-0.2, -0.15) is 0 Å². The molecule has 0 fully saturated rings. The molecule has 0 unspecified atom stereocenters. The van der Waals surface area contributed by atoms with Crippen molar-refractivity contribution in [2.45, 2.75) is 32.2 Å². The third-order valence-electron chi connectivity index (χ3n) is 5.38. The molecule has 0 spiro atoms. The number of carboxylic acids is 1. The number of carbonyl (C=O) groups is 2. The molecule has 1 aromatic heterocycles. The van der Waals surface area contributed by atoms with Crippen LogP contribution in [0.25, 0.3) is 11.1 Å². The molecule has 0 saturated heterocycles. The van der Waals surface area contributed by atoms with Crippen molar-refractivity contribution in [3.8, 4) is 11.1 Å². The van der Waals surface area contributed by atoms with E-state index < -0.39 is 18.1 Å². The first kappa shape index (κ1) is 20.7. The summed E-state index contributed by atoms with van der Waals surface area (Å²) in [6.07, 6.45) is 1.01. The highest BCUT2D eigenvalue weighted by Crippen LogP contribution is 2.44. The summed E-state index contributed by atoms with van der Waals surface area (Å²) in [7, 11) is 0. The van der Waals surface area contributed by atoms with E-state index in [1.807, 2.05) is 38.1 Å². The molecule has 0 saturated carbocycles. The molecular formula is C24H24N2O5. The third-order valence-corrected chi connectivity index (χ3v) is 5.38. The maximum absolute atomic E-state index is 12.6. The van der Waals surface area contributed by atoms with Gasteiger partial charge in [-0.15, -0.1) is 0 Å². The zero-order chi connectivity index (χ0) is 22.0. The predicted molar refractivity (Wildman–Crippen MR) is 114 cm³/mol. The topological polar surface area (TPSA) is 102 Å². The van der Waals surface area contributed by atoms with E-state index in [0.29, 0.717) is 6.42 Å². The molecule has 160 valence electrons. The van der Waals surface area contributed by atoms with Crippen LogP contribution in [0.1, 0.15) is 59.7 Å². The van der Waals surface area contributed by atoms with Crippen molar-refractivity contribution in [3.63, 3.8) is 0 Å². The van der Waals surface area contributed by atoms with Crippen molar-refractivity contribution in [2.75, 3.05) is 6.61 Å². The van der Waals surface area contributed by atoms with Gasteiger partial charge in [0.25, 0.3) is 0 Å². The van der Waals surface area contributed by atoms with E-state index in [1.54, 1.807) is 0 Å². The molecule has 1 amide bonds. The number of alkyl carbamates (subject to hydrolysis) is 1. The standard InChI is InChI=1S/C24H24N2O5/c1-14(2)11-20(22-25-21(13-30-22)23(27)28)26-24(29)31-12-19-17-9-5-3-7-15(17)16-8-4-6-10-18(16)19/h3-10,13-14,19-20H,11-12H2,1-2H3,(H,26,29)(H,27,28)/t20-/m1/s1. The highest BCUT2D eigenvalue weighted by atomic mass is 16.5. The molecule has 0 aliphatic heterocycles. The molecule has 3 aromatic rings. The number of fused-ring (bicyclic) bond motifs is 3. The Balaban J connectivity index is 1.47. The lowest BCUT2D eigenvalue weighted by molar-refractivity contribution is 0.0690. The molecule has 1 aliphatic rings. The Morgan fingerprint density at radius 3 is 2.26 bits per heavy atom. The molecular weight excluding hydrogens is 396 g/mol. The van der Waals surface area contributed by atoms with Gasteiger partial charge in [0.05, 0.1) is 0 Å². The summed E-state index contributed by atoms with van der Waals surface area (Å²) in [5.41, 5.74) is 4.39. The molecule has 7 nitrogen and oxygen atoms in total. The van der Waals surface area contributed by atoms with Crippen LogP contribution in [0.15, 0.2) is 59.2 Å². The zero-order valence-electron chi connectivity index (χ0n) is 17.4. The monoisotopic (exact) mass is 420 g/mol. The Morgan fingerprint density at radius 2 is 1.71 bits per heavy atom. The minimum Gasteiger partial charge on any atom is -0.476 e. The van der Waals surface area contributed by atoms with Crippen molar-refractivity contribution >= 4 is 12.1 Å². The number of ether oxygens (including phenoxy) is 1. The van der Waals surface area contributed by atoms with Crippen LogP contribution in [0, 0.1) is 5.92 Å². The van der Waals surface area contributed by atoms with E-state index in [2.05, 4.69) is 34.6 Å². The van der Waals surface area contributed by atoms with Gasteiger partial charge in [0.1, 0.15) is 18.9 Å². The van der Waals surface area contributed by atoms with Crippen LogP contribution in [0.4, 0.5) is 4.79 Å². The molecule has 0 bridgehead atoms. The molecule has 1 aliphatic carbocycles. The normalized spacial score (nSPS) is 13.5. The second-order valence-corrected chi connectivity index (χ2v) is 8.03. The number of aromatic nitrogens is 1. The van der Waals surface area contributed by atoms with E-state index in [9.17, 15) is 9.59 Å². The zero-order valence-corrected chi connectivity index (χ0v) is 17.4. The van der Waals surface area contributed by atoms with E-state index in [1.165, 1.54) is 0 Å². The number of carbonyl (C=O) groups excluding carboxylic acids is 1. The lowest BCUT2D eigenvalue weighted by atomic mass is 9.98. The molecule has 7 heteroatoms. The lowest BCUT2D eigenvalue weighted by Gasteiger charge is -2.19. The van der Waals surface area contributed by atoms with Gasteiger partial charge < -0.3 is 19.6 Å². The second kappa shape index (κ2) is 8.63. The number of amides is 1. The van der Waals surface area contributed by atoms with E-state index in [4.69, 9.17) is 14.3 Å². The van der Waals surface area contributed by atoms with Gasteiger partial charge in [0.15, 0.2) is 5.69 Å². The van der Waals surface area contributed by atoms with Crippen LogP contribution in [0.3, 0.4) is 0 Å². The number of nitrogens with one attached hydrogen (secondary N) is 1. The van der Waals surface area contributed by atoms with Crippen molar-refractivity contribution in [1.82, 2.24) is 10.3 Å². The molecule has 2 aromatic carbocycles. The average Bonchev–Trinajstić information content (AvgIpc) is 3.35. The summed E-state index contributed by atoms with van der Waals surface area (Å²) in [4.78, 5) is 27.7. The van der Waals surface area contributed by atoms with Gasteiger partial charge in [0, 0.05) is 5.92 Å². The van der Waals surface area contributed by atoms with Gasteiger partial charge in [0.2, 0.25) is 5.89 Å². The van der Waals surface area contributed by atoms with Crippen LogP contribution < -0.4 is 5.32 Å². The Bertz CT molecular complexity index is 1060. The summed E-state index contributed by atoms with van der Waals surface area (Å²) < 4.78 is 10.9. The SMILES string of the molecule is CC(C)C[C@@H](NC(=O)OCC1c2ccccc2-c2ccccc21)c1nc(C(=O)O)co1. The summed E-state index contributed by atoms with van der Waals surface area (Å²) in [5.74, 6) is -0.847. The van der Waals surface area contributed by atoms with Crippen LogP contribution in [0.5, 0.6) is 0 Å². The number of benzene rings is 2. The Labute approximate surface area is 180 Å². The molecule has 0 radical (unpaired) electrons. The average molecular weight is 420 g/mol. The Kier molecular flexibility index (Phi) is 5.75. The fourth-order valence-corrected chi connectivity index (χ4v) is 4.02. The minimum absolute atomic E-state index is 0.0398. The third kappa shape index (κ3) is 4.30. The number of aromatic carboxylic acids is 1. The maximum Gasteiger partial charge on any atom is 0.407 e. The number of rotatable bonds is 7. The van der Waals surface area contributed by atoms with E-state index in [0.717, 1.165) is 28.5 Å². The fourth-order valence-electron chi connectivity index (χ4n) is 4.02. The minimum atomic E-state index is -1.18. The van der Waals surface area contributed by atoms with Crippen LogP contribution >= 0.6 is 0 Å². The van der Waals surface area contributed by atoms with Crippen LogP contribution in [-0.2, 0) is 4.74 Å². The highest BCUT2D eigenvalue weighted by molar-refractivity contribution is 5.84. The number of oxazole rings is 1. The molecule has 1 atom stereocenters. The lowest BCUT2D eigenvalue weighted by Crippen LogP contribution is -2.31. The van der Waals surface area contributed by atoms with E-state index >= 15 is 0 Å². The molecule has 31 heavy (non-hydrogen) atoms. The number of nitrogens with zero attached hydrogens (tertiary/aromatic N) is 1. The van der Waals surface area contributed by atoms with Gasteiger partial charge in [-0.05, 0) is 34.6 Å². The number of hydrogen-bond donors (Lipinski definition) is 2. The second-order valence-electron chi connectivity index (χ2n) is 8.03. The molecule has 2 N–H and O–H groups in total. The number of hydrogen-bond acceptors (Lipinski definition) is 5. The van der Waals surface area contributed by atoms with Gasteiger partial charge >= 0.3 is 12.1 Å². The first-order chi connectivity index (χ1) is 14.9. The molecule has 4 rings (SSSR count). The van der Waals surface area contributed by atoms with Crippen molar-refractivity contribution in [1.29, 1.82) is 0 Å². The predicted octanol–water partition coefficient (Wildman–Crippen LogP) is 5.00. The fraction of sp³-hybridized carbons (Fsp3) is 0.292. The quantitative estimate of drug-likeness (QED) is 0.558.